The van der Waals surface area contributed by atoms with Crippen LogP contribution in [0.5, 0.6) is 0 Å². The summed E-state index contributed by atoms with van der Waals surface area (Å²) in [7, 11) is 0. The van der Waals surface area contributed by atoms with Gasteiger partial charge in [-0.15, -0.1) is 0 Å². The molecule has 1 amide bonds. The van der Waals surface area contributed by atoms with E-state index < -0.39 is 0 Å². The summed E-state index contributed by atoms with van der Waals surface area (Å²) >= 11 is 0. The molecule has 0 aromatic heterocycles. The Morgan fingerprint density at radius 2 is 2.17 bits per heavy atom. The van der Waals surface area contributed by atoms with Gasteiger partial charge in [-0.3, -0.25) is 4.79 Å². The van der Waals surface area contributed by atoms with Gasteiger partial charge in [-0.1, -0.05) is 29.8 Å². The summed E-state index contributed by atoms with van der Waals surface area (Å²) in [6, 6.07) is 8.40. The summed E-state index contributed by atoms with van der Waals surface area (Å²) < 4.78 is 0. The van der Waals surface area contributed by atoms with Crippen LogP contribution < -0.4 is 10.6 Å². The normalized spacial score (nSPS) is 14.0. The van der Waals surface area contributed by atoms with Crippen molar-refractivity contribution in [1.82, 2.24) is 10.6 Å². The Morgan fingerprint density at radius 1 is 1.39 bits per heavy atom. The molecule has 0 aliphatic carbocycles. The number of carbonyl (C=O) groups is 1. The molecule has 0 radical (unpaired) electrons. The maximum absolute atomic E-state index is 11.8. The van der Waals surface area contributed by atoms with E-state index in [1.54, 1.807) is 0 Å². The van der Waals surface area contributed by atoms with Crippen molar-refractivity contribution < 1.29 is 4.79 Å². The summed E-state index contributed by atoms with van der Waals surface area (Å²) in [5.41, 5.74) is 4.63. The first kappa shape index (κ1) is 12.8. The molecule has 2 N–H and O–H groups in total. The molecule has 1 saturated heterocycles. The SMILES string of the molecule is CC(C(=O)NCCc1cccc(C)c1)=C1CNC1. The van der Waals surface area contributed by atoms with E-state index in [2.05, 4.69) is 41.8 Å². The number of nitrogens with one attached hydrogen (secondary N) is 2. The second-order valence-electron chi connectivity index (χ2n) is 4.83. The van der Waals surface area contributed by atoms with Gasteiger partial charge in [-0.25, -0.2) is 0 Å². The van der Waals surface area contributed by atoms with E-state index in [0.29, 0.717) is 6.54 Å². The van der Waals surface area contributed by atoms with Gasteiger partial charge in [0.1, 0.15) is 0 Å². The lowest BCUT2D eigenvalue weighted by molar-refractivity contribution is -0.117. The summed E-state index contributed by atoms with van der Waals surface area (Å²) in [6.45, 7) is 6.40. The molecule has 0 unspecified atom stereocenters. The van der Waals surface area contributed by atoms with E-state index >= 15 is 0 Å². The van der Waals surface area contributed by atoms with Crippen LogP contribution in [0.4, 0.5) is 0 Å². The molecule has 3 heteroatoms. The van der Waals surface area contributed by atoms with Gasteiger partial charge in [0.25, 0.3) is 0 Å². The molecule has 1 aliphatic rings. The third-order valence-electron chi connectivity index (χ3n) is 3.33. The summed E-state index contributed by atoms with van der Waals surface area (Å²) in [5.74, 6) is 0.0687. The van der Waals surface area contributed by atoms with Crippen molar-refractivity contribution in [2.45, 2.75) is 20.3 Å². The fraction of sp³-hybridized carbons (Fsp3) is 0.400. The Labute approximate surface area is 108 Å². The number of rotatable bonds is 4. The minimum absolute atomic E-state index is 0.0687. The lowest BCUT2D eigenvalue weighted by Crippen LogP contribution is -2.38. The van der Waals surface area contributed by atoms with Crippen LogP contribution in [-0.2, 0) is 11.2 Å². The van der Waals surface area contributed by atoms with Crippen molar-refractivity contribution in [3.8, 4) is 0 Å². The van der Waals surface area contributed by atoms with Gasteiger partial charge in [0, 0.05) is 25.2 Å². The summed E-state index contributed by atoms with van der Waals surface area (Å²) in [6.07, 6.45) is 0.883. The highest BCUT2D eigenvalue weighted by atomic mass is 16.1. The maximum atomic E-state index is 11.8. The molecule has 0 atom stereocenters. The van der Waals surface area contributed by atoms with Gasteiger partial charge in [0.15, 0.2) is 0 Å². The highest BCUT2D eigenvalue weighted by molar-refractivity contribution is 5.93. The smallest absolute Gasteiger partial charge is 0.246 e. The predicted octanol–water partition coefficient (Wildman–Crippen LogP) is 1.57. The van der Waals surface area contributed by atoms with E-state index in [0.717, 1.165) is 25.1 Å². The third-order valence-corrected chi connectivity index (χ3v) is 3.33. The molecule has 0 spiro atoms. The Bertz CT molecular complexity index is 471. The standard InChI is InChI=1S/C15H20N2O/c1-11-4-3-5-13(8-11)6-7-17-15(18)12(2)14-9-16-10-14/h3-5,8,16H,6-7,9-10H2,1-2H3,(H,17,18). The quantitative estimate of drug-likeness (QED) is 0.789. The van der Waals surface area contributed by atoms with Gasteiger partial charge < -0.3 is 10.6 Å². The second kappa shape index (κ2) is 5.83. The van der Waals surface area contributed by atoms with Crippen LogP contribution >= 0.6 is 0 Å². The van der Waals surface area contributed by atoms with Crippen LogP contribution in [-0.4, -0.2) is 25.5 Å². The van der Waals surface area contributed by atoms with E-state index in [1.807, 2.05) is 6.92 Å². The van der Waals surface area contributed by atoms with Crippen LogP contribution in [0.2, 0.25) is 0 Å². The molecular weight excluding hydrogens is 224 g/mol. The lowest BCUT2D eigenvalue weighted by Gasteiger charge is -2.21. The molecule has 18 heavy (non-hydrogen) atoms. The molecule has 1 fully saturated rings. The van der Waals surface area contributed by atoms with E-state index in [1.165, 1.54) is 16.7 Å². The molecule has 0 bridgehead atoms. The van der Waals surface area contributed by atoms with Crippen LogP contribution in [0.15, 0.2) is 35.4 Å². The number of hydrogen-bond acceptors (Lipinski definition) is 2. The topological polar surface area (TPSA) is 41.1 Å². The molecule has 96 valence electrons. The maximum Gasteiger partial charge on any atom is 0.246 e. The molecule has 1 aliphatic heterocycles. The second-order valence-corrected chi connectivity index (χ2v) is 4.83. The van der Waals surface area contributed by atoms with Gasteiger partial charge in [0.05, 0.1) is 0 Å². The van der Waals surface area contributed by atoms with E-state index in [-0.39, 0.29) is 5.91 Å². The van der Waals surface area contributed by atoms with E-state index in [9.17, 15) is 4.79 Å². The highest BCUT2D eigenvalue weighted by Crippen LogP contribution is 2.08. The number of aryl methyl sites for hydroxylation is 1. The van der Waals surface area contributed by atoms with Crippen molar-refractivity contribution in [1.29, 1.82) is 0 Å². The zero-order valence-corrected chi connectivity index (χ0v) is 11.0. The van der Waals surface area contributed by atoms with Crippen molar-refractivity contribution in [3.63, 3.8) is 0 Å². The van der Waals surface area contributed by atoms with Crippen molar-refractivity contribution in [3.05, 3.63) is 46.5 Å². The van der Waals surface area contributed by atoms with Gasteiger partial charge in [0.2, 0.25) is 5.91 Å². The summed E-state index contributed by atoms with van der Waals surface area (Å²) in [4.78, 5) is 11.8. The Hall–Kier alpha value is -1.61. The lowest BCUT2D eigenvalue weighted by atomic mass is 10.0. The zero-order valence-electron chi connectivity index (χ0n) is 11.0. The molecule has 0 saturated carbocycles. The van der Waals surface area contributed by atoms with Crippen LogP contribution in [0.25, 0.3) is 0 Å². The molecule has 3 nitrogen and oxygen atoms in total. The fourth-order valence-electron chi connectivity index (χ4n) is 2.00. The minimum atomic E-state index is 0.0687. The first-order valence-corrected chi connectivity index (χ1v) is 6.40. The Kier molecular flexibility index (Phi) is 4.15. The minimum Gasteiger partial charge on any atom is -0.352 e. The molecule has 1 heterocycles. The molecule has 1 aromatic rings. The molecular formula is C15H20N2O. The first-order valence-electron chi connectivity index (χ1n) is 6.40. The molecule has 1 aromatic carbocycles. The van der Waals surface area contributed by atoms with Gasteiger partial charge >= 0.3 is 0 Å². The van der Waals surface area contributed by atoms with Crippen LogP contribution in [0.1, 0.15) is 18.1 Å². The number of hydrogen-bond donors (Lipinski definition) is 2. The summed E-state index contributed by atoms with van der Waals surface area (Å²) in [5, 5.41) is 6.12. The Balaban J connectivity index is 1.80. The van der Waals surface area contributed by atoms with Crippen molar-refractivity contribution >= 4 is 5.91 Å². The van der Waals surface area contributed by atoms with Crippen LogP contribution in [0, 0.1) is 6.92 Å². The van der Waals surface area contributed by atoms with Crippen molar-refractivity contribution in [2.75, 3.05) is 19.6 Å². The van der Waals surface area contributed by atoms with Gasteiger partial charge in [-0.2, -0.15) is 0 Å². The fourth-order valence-corrected chi connectivity index (χ4v) is 2.00. The number of carbonyl (C=O) groups excluding carboxylic acids is 1. The van der Waals surface area contributed by atoms with Gasteiger partial charge in [-0.05, 0) is 31.4 Å². The van der Waals surface area contributed by atoms with E-state index in [4.69, 9.17) is 0 Å². The largest absolute Gasteiger partial charge is 0.352 e. The first-order chi connectivity index (χ1) is 8.66. The molecule has 2 rings (SSSR count). The van der Waals surface area contributed by atoms with Crippen LogP contribution in [0.3, 0.4) is 0 Å². The zero-order chi connectivity index (χ0) is 13.0. The highest BCUT2D eigenvalue weighted by Gasteiger charge is 2.15. The monoisotopic (exact) mass is 244 g/mol. The Morgan fingerprint density at radius 3 is 2.78 bits per heavy atom. The number of amides is 1. The predicted molar refractivity (Wildman–Crippen MR) is 73.5 cm³/mol. The van der Waals surface area contributed by atoms with Crippen molar-refractivity contribution in [2.24, 2.45) is 0 Å². The number of benzene rings is 1. The average molecular weight is 244 g/mol. The third kappa shape index (κ3) is 3.20. The average Bonchev–Trinajstić information content (AvgIpc) is 2.26.